The zero-order valence-electron chi connectivity index (χ0n) is 8.01. The molecule has 0 saturated carbocycles. The van der Waals surface area contributed by atoms with Crippen LogP contribution in [0.3, 0.4) is 0 Å². The molecule has 0 amide bonds. The maximum atomic E-state index is 5.29. The van der Waals surface area contributed by atoms with Crippen molar-refractivity contribution in [2.75, 3.05) is 26.9 Å². The van der Waals surface area contributed by atoms with E-state index in [9.17, 15) is 0 Å². The maximum Gasteiger partial charge on any atom is 0.0700 e. The zero-order chi connectivity index (χ0) is 9.23. The van der Waals surface area contributed by atoms with E-state index in [0.29, 0.717) is 19.3 Å². The van der Waals surface area contributed by atoms with E-state index < -0.39 is 0 Å². The Morgan fingerprint density at radius 3 is 2.58 bits per heavy atom. The van der Waals surface area contributed by atoms with Crippen molar-refractivity contribution in [2.24, 2.45) is 5.84 Å². The first-order valence-corrected chi connectivity index (χ1v) is 4.38. The van der Waals surface area contributed by atoms with Crippen molar-refractivity contribution >= 4 is 0 Å². The van der Waals surface area contributed by atoms with Gasteiger partial charge in [-0.2, -0.15) is 0 Å². The summed E-state index contributed by atoms with van der Waals surface area (Å²) in [7, 11) is 1.67. The van der Waals surface area contributed by atoms with E-state index in [2.05, 4.69) is 12.3 Å². The minimum absolute atomic E-state index is 0.368. The largest absolute Gasteiger partial charge is 0.382 e. The summed E-state index contributed by atoms with van der Waals surface area (Å²) >= 11 is 0. The molecule has 74 valence electrons. The summed E-state index contributed by atoms with van der Waals surface area (Å²) in [5, 5.41) is 0. The predicted molar refractivity (Wildman–Crippen MR) is 48.7 cm³/mol. The Labute approximate surface area is 74.4 Å². The van der Waals surface area contributed by atoms with Crippen molar-refractivity contribution in [1.29, 1.82) is 0 Å². The lowest BCUT2D eigenvalue weighted by molar-refractivity contribution is 0.0656. The van der Waals surface area contributed by atoms with Crippen molar-refractivity contribution in [3.05, 3.63) is 0 Å². The van der Waals surface area contributed by atoms with Gasteiger partial charge in [-0.15, -0.1) is 0 Å². The topological polar surface area (TPSA) is 56.5 Å². The molecule has 0 aliphatic carbocycles. The van der Waals surface area contributed by atoms with Crippen LogP contribution in [0.2, 0.25) is 0 Å². The highest BCUT2D eigenvalue weighted by Crippen LogP contribution is 1.95. The lowest BCUT2D eigenvalue weighted by Gasteiger charge is -2.12. The molecule has 0 radical (unpaired) electrons. The number of methoxy groups -OCH3 is 1. The molecular weight excluding hydrogens is 156 g/mol. The number of ether oxygens (including phenoxy) is 2. The van der Waals surface area contributed by atoms with Crippen LogP contribution in [0.25, 0.3) is 0 Å². The molecule has 0 aliphatic heterocycles. The van der Waals surface area contributed by atoms with E-state index in [-0.39, 0.29) is 0 Å². The Morgan fingerprint density at radius 2 is 2.08 bits per heavy atom. The molecule has 0 rings (SSSR count). The van der Waals surface area contributed by atoms with E-state index in [0.717, 1.165) is 19.4 Å². The summed E-state index contributed by atoms with van der Waals surface area (Å²) in [5.41, 5.74) is 2.73. The Kier molecular flexibility index (Phi) is 8.81. The summed E-state index contributed by atoms with van der Waals surface area (Å²) in [6.45, 7) is 4.16. The number of rotatable bonds is 8. The molecule has 12 heavy (non-hydrogen) atoms. The highest BCUT2D eigenvalue weighted by molar-refractivity contribution is 4.59. The molecule has 1 atom stereocenters. The number of hydrogen-bond donors (Lipinski definition) is 2. The Bertz CT molecular complexity index is 87.1. The second kappa shape index (κ2) is 8.93. The molecule has 1 unspecified atom stereocenters. The van der Waals surface area contributed by atoms with Gasteiger partial charge in [0.2, 0.25) is 0 Å². The van der Waals surface area contributed by atoms with Gasteiger partial charge in [-0.25, -0.2) is 0 Å². The van der Waals surface area contributed by atoms with E-state index in [4.69, 9.17) is 15.3 Å². The fourth-order valence-corrected chi connectivity index (χ4v) is 0.875. The number of hydrazine groups is 1. The molecule has 4 heteroatoms. The van der Waals surface area contributed by atoms with Crippen LogP contribution in [0.1, 0.15) is 19.8 Å². The van der Waals surface area contributed by atoms with Crippen LogP contribution in [-0.2, 0) is 9.47 Å². The van der Waals surface area contributed by atoms with Crippen LogP contribution < -0.4 is 11.3 Å². The Hall–Kier alpha value is -0.160. The molecule has 0 bridgehead atoms. The summed E-state index contributed by atoms with van der Waals surface area (Å²) in [4.78, 5) is 0. The SMILES string of the molecule is CCC(CCOCCOC)NN. The van der Waals surface area contributed by atoms with Crippen LogP contribution in [0.4, 0.5) is 0 Å². The minimum Gasteiger partial charge on any atom is -0.382 e. The summed E-state index contributed by atoms with van der Waals surface area (Å²) in [6, 6.07) is 0.368. The van der Waals surface area contributed by atoms with Crippen molar-refractivity contribution in [3.63, 3.8) is 0 Å². The summed E-state index contributed by atoms with van der Waals surface area (Å²) in [5.74, 6) is 5.29. The van der Waals surface area contributed by atoms with Gasteiger partial charge < -0.3 is 9.47 Å². The molecule has 0 aliphatic rings. The van der Waals surface area contributed by atoms with Gasteiger partial charge in [-0.3, -0.25) is 11.3 Å². The van der Waals surface area contributed by atoms with Gasteiger partial charge in [0.1, 0.15) is 0 Å². The van der Waals surface area contributed by atoms with Crippen LogP contribution in [0.5, 0.6) is 0 Å². The zero-order valence-corrected chi connectivity index (χ0v) is 8.01. The lowest BCUT2D eigenvalue weighted by atomic mass is 10.2. The maximum absolute atomic E-state index is 5.29. The smallest absolute Gasteiger partial charge is 0.0700 e. The standard InChI is InChI=1S/C8H20N2O2/c1-3-8(10-9)4-5-12-7-6-11-2/h8,10H,3-7,9H2,1-2H3. The van der Waals surface area contributed by atoms with Gasteiger partial charge in [0.05, 0.1) is 13.2 Å². The molecule has 0 saturated heterocycles. The molecular formula is C8H20N2O2. The van der Waals surface area contributed by atoms with Crippen molar-refractivity contribution < 1.29 is 9.47 Å². The highest BCUT2D eigenvalue weighted by atomic mass is 16.5. The van der Waals surface area contributed by atoms with Gasteiger partial charge in [0.25, 0.3) is 0 Å². The molecule has 4 nitrogen and oxygen atoms in total. The third kappa shape index (κ3) is 6.54. The first kappa shape index (κ1) is 11.8. The van der Waals surface area contributed by atoms with Gasteiger partial charge in [0, 0.05) is 19.8 Å². The first-order valence-electron chi connectivity index (χ1n) is 4.38. The van der Waals surface area contributed by atoms with Crippen molar-refractivity contribution in [3.8, 4) is 0 Å². The first-order chi connectivity index (χ1) is 5.85. The normalized spacial score (nSPS) is 13.2. The van der Waals surface area contributed by atoms with Crippen LogP contribution in [0.15, 0.2) is 0 Å². The van der Waals surface area contributed by atoms with Crippen LogP contribution in [0, 0.1) is 0 Å². The number of nitrogens with one attached hydrogen (secondary N) is 1. The van der Waals surface area contributed by atoms with Gasteiger partial charge in [-0.1, -0.05) is 6.92 Å². The van der Waals surface area contributed by atoms with Crippen LogP contribution in [-0.4, -0.2) is 33.0 Å². The second-order valence-electron chi connectivity index (χ2n) is 2.67. The predicted octanol–water partition coefficient (Wildman–Crippen LogP) is 0.281. The average Bonchev–Trinajstić information content (AvgIpc) is 2.11. The molecule has 0 aromatic rings. The van der Waals surface area contributed by atoms with Gasteiger partial charge in [0.15, 0.2) is 0 Å². The van der Waals surface area contributed by atoms with Gasteiger partial charge >= 0.3 is 0 Å². The number of nitrogens with two attached hydrogens (primary N) is 1. The highest BCUT2D eigenvalue weighted by Gasteiger charge is 2.01. The fraction of sp³-hybridized carbons (Fsp3) is 1.00. The fourth-order valence-electron chi connectivity index (χ4n) is 0.875. The Morgan fingerprint density at radius 1 is 1.33 bits per heavy atom. The third-order valence-corrected chi connectivity index (χ3v) is 1.77. The monoisotopic (exact) mass is 176 g/mol. The summed E-state index contributed by atoms with van der Waals surface area (Å²) in [6.07, 6.45) is 1.99. The minimum atomic E-state index is 0.368. The Balaban J connectivity index is 3.06. The summed E-state index contributed by atoms with van der Waals surface area (Å²) < 4.78 is 10.1. The average molecular weight is 176 g/mol. The molecule has 0 spiro atoms. The molecule has 0 fully saturated rings. The molecule has 0 heterocycles. The van der Waals surface area contributed by atoms with Crippen molar-refractivity contribution in [2.45, 2.75) is 25.8 Å². The van der Waals surface area contributed by atoms with E-state index >= 15 is 0 Å². The van der Waals surface area contributed by atoms with E-state index in [1.54, 1.807) is 7.11 Å². The molecule has 3 N–H and O–H groups in total. The number of hydrogen-bond acceptors (Lipinski definition) is 4. The third-order valence-electron chi connectivity index (χ3n) is 1.77. The van der Waals surface area contributed by atoms with Crippen LogP contribution >= 0.6 is 0 Å². The van der Waals surface area contributed by atoms with Crippen molar-refractivity contribution in [1.82, 2.24) is 5.43 Å². The molecule has 0 aromatic carbocycles. The van der Waals surface area contributed by atoms with E-state index in [1.807, 2.05) is 0 Å². The van der Waals surface area contributed by atoms with Gasteiger partial charge in [-0.05, 0) is 12.8 Å². The van der Waals surface area contributed by atoms with E-state index in [1.165, 1.54) is 0 Å². The second-order valence-corrected chi connectivity index (χ2v) is 2.67. The quantitative estimate of drug-likeness (QED) is 0.317. The lowest BCUT2D eigenvalue weighted by Crippen LogP contribution is -2.35. The molecule has 0 aromatic heterocycles.